The van der Waals surface area contributed by atoms with E-state index >= 15 is 0 Å². The van der Waals surface area contributed by atoms with Gasteiger partial charge in [-0.1, -0.05) is 215 Å². The summed E-state index contributed by atoms with van der Waals surface area (Å²) in [5.74, 6) is -1.12. The van der Waals surface area contributed by atoms with Gasteiger partial charge in [0.2, 0.25) is 0 Å². The molecule has 2 aromatic heterocycles. The van der Waals surface area contributed by atoms with E-state index in [1.807, 2.05) is 42.5 Å². The molecule has 2 fully saturated rings. The molecular formula is C69H58N2OSSi. The third-order valence-electron chi connectivity index (χ3n) is 17.1. The zero-order valence-corrected chi connectivity index (χ0v) is 43.1. The van der Waals surface area contributed by atoms with Gasteiger partial charge in [-0.3, -0.25) is 4.40 Å². The van der Waals surface area contributed by atoms with Gasteiger partial charge >= 0.3 is 0 Å². The highest BCUT2D eigenvalue weighted by atomic mass is 32.1. The van der Waals surface area contributed by atoms with E-state index in [2.05, 4.69) is 138 Å². The van der Waals surface area contributed by atoms with Gasteiger partial charge in [0.1, 0.15) is 19.6 Å². The van der Waals surface area contributed by atoms with Crippen LogP contribution in [0.25, 0.3) is 81.8 Å². The Morgan fingerprint density at radius 1 is 0.568 bits per heavy atom. The Kier molecular flexibility index (Phi) is 8.33. The third-order valence-corrected chi connectivity index (χ3v) is 22.6. The molecule has 15 rings (SSSR count). The van der Waals surface area contributed by atoms with Crippen LogP contribution in [-0.2, 0) is 5.41 Å². The molecule has 0 saturated heterocycles. The minimum absolute atomic E-state index is 0.0537. The average molecular weight is 999 g/mol. The molecule has 3 nitrogen and oxygen atoms in total. The van der Waals surface area contributed by atoms with Crippen LogP contribution in [0.15, 0.2) is 188 Å². The van der Waals surface area contributed by atoms with Crippen LogP contribution in [0.1, 0.15) is 110 Å². The number of nitrogens with zero attached hydrogens (tertiary/aromatic N) is 2. The fourth-order valence-corrected chi connectivity index (χ4v) is 18.2. The Hall–Kier alpha value is -7.31. The molecule has 0 spiro atoms. The van der Waals surface area contributed by atoms with Crippen LogP contribution in [0, 0.1) is 0 Å². The molecular weight excluding hydrogens is 933 g/mol. The van der Waals surface area contributed by atoms with E-state index in [0.717, 1.165) is 130 Å². The lowest BCUT2D eigenvalue weighted by molar-refractivity contribution is 0.421. The van der Waals surface area contributed by atoms with Crippen molar-refractivity contribution in [2.45, 2.75) is 88.8 Å². The van der Waals surface area contributed by atoms with Crippen LogP contribution in [0.3, 0.4) is 0 Å². The maximum atomic E-state index is 10.0. The van der Waals surface area contributed by atoms with Crippen LogP contribution in [0.2, 0.25) is 6.55 Å². The van der Waals surface area contributed by atoms with Crippen LogP contribution < -0.4 is 20.3 Å². The summed E-state index contributed by atoms with van der Waals surface area (Å²) in [6.45, 7) is -3.97. The van der Waals surface area contributed by atoms with Crippen LogP contribution in [-0.4, -0.2) is 17.5 Å². The van der Waals surface area contributed by atoms with Gasteiger partial charge in [-0.25, -0.2) is 4.98 Å². The molecule has 0 bridgehead atoms. The van der Waals surface area contributed by atoms with Crippen LogP contribution in [0.4, 0.5) is 0 Å². The summed E-state index contributed by atoms with van der Waals surface area (Å²) < 4.78 is 87.8. The molecule has 0 N–H and O–H groups in total. The minimum atomic E-state index is -3.33. The van der Waals surface area contributed by atoms with Crippen molar-refractivity contribution in [1.82, 2.24) is 9.38 Å². The molecule has 3 aliphatic carbocycles. The summed E-state index contributed by atoms with van der Waals surface area (Å²) >= 11 is 1.58. The van der Waals surface area contributed by atoms with Crippen molar-refractivity contribution < 1.29 is 15.7 Å². The fourth-order valence-electron chi connectivity index (χ4n) is 13.4. The van der Waals surface area contributed by atoms with E-state index in [0.29, 0.717) is 29.5 Å². The highest BCUT2D eigenvalue weighted by Gasteiger charge is 2.43. The number of rotatable bonds is 6. The van der Waals surface area contributed by atoms with Crippen molar-refractivity contribution in [2.24, 2.45) is 0 Å². The van der Waals surface area contributed by atoms with Gasteiger partial charge in [0.25, 0.3) is 0 Å². The number of ether oxygens (including phenoxy) is 1. The first-order chi connectivity index (χ1) is 39.5. The molecule has 4 aliphatic rings. The minimum Gasteiger partial charge on any atom is -0.457 e. The molecule has 11 aromatic rings. The summed E-state index contributed by atoms with van der Waals surface area (Å²) in [7, 11) is -3.33. The predicted molar refractivity (Wildman–Crippen MR) is 313 cm³/mol. The summed E-state index contributed by atoms with van der Waals surface area (Å²) in [6, 6.07) is 64.3. The number of imidazole rings is 1. The lowest BCUT2D eigenvalue weighted by Crippen LogP contribution is -2.65. The normalized spacial score (nSPS) is 19.4. The first-order valence-corrected chi connectivity index (χ1v) is 29.7. The number of hydrogen-bond acceptors (Lipinski definition) is 3. The van der Waals surface area contributed by atoms with Gasteiger partial charge in [0.05, 0.1) is 21.3 Å². The zero-order chi connectivity index (χ0) is 56.1. The largest absolute Gasteiger partial charge is 0.457 e. The van der Waals surface area contributed by atoms with Gasteiger partial charge in [0.15, 0.2) is 4.96 Å². The number of thiazole rings is 1. The molecule has 5 heteroatoms. The standard InChI is InChI=1S/C69H58N2OSSi/c1-69(2)58-30-17-31-64(74(3,47-22-5-4-6-23-47)48-34-35-56-54-28-14-13-26-52(54)50-24-11-12-25-51(50)53-27-15-16-29-55(53)57(56)42-48)67(58)72-62-39-33-46(40-59(62)69)65-49(44-20-9-10-21-44)36-38-61-66(65)70-68-71(61)60-37-32-45(41-63(60)73-68)43-18-7-8-19-43/h4-6,11-17,22-44H,7-10,18-21H2,1-3H3/i1D3,2D3,43D,44D. The van der Waals surface area contributed by atoms with Crippen molar-refractivity contribution >= 4 is 61.2 Å². The molecule has 1 aliphatic heterocycles. The first-order valence-electron chi connectivity index (χ1n) is 30.4. The van der Waals surface area contributed by atoms with Gasteiger partial charge in [-0.05, 0) is 145 Å². The predicted octanol–water partition coefficient (Wildman–Crippen LogP) is 17.2. The maximum absolute atomic E-state index is 10.0. The molecule has 1 atom stereocenters. The lowest BCUT2D eigenvalue weighted by Gasteiger charge is -2.39. The number of aromatic nitrogens is 2. The molecule has 360 valence electrons. The van der Waals surface area contributed by atoms with E-state index in [9.17, 15) is 11.0 Å². The van der Waals surface area contributed by atoms with Crippen molar-refractivity contribution in [1.29, 1.82) is 0 Å². The maximum Gasteiger partial charge on any atom is 0.195 e. The number of benzene rings is 9. The molecule has 74 heavy (non-hydrogen) atoms. The summed E-state index contributed by atoms with van der Waals surface area (Å²) in [4.78, 5) is 6.16. The third kappa shape index (κ3) is 6.58. The second-order valence-electron chi connectivity index (χ2n) is 21.1. The van der Waals surface area contributed by atoms with Crippen molar-refractivity contribution in [2.75, 3.05) is 0 Å². The second kappa shape index (κ2) is 16.9. The number of para-hydroxylation sites is 1. The topological polar surface area (TPSA) is 26.5 Å². The molecule has 2 saturated carbocycles. The van der Waals surface area contributed by atoms with Crippen LogP contribution >= 0.6 is 11.3 Å². The zero-order valence-electron chi connectivity index (χ0n) is 49.3. The van der Waals surface area contributed by atoms with Gasteiger partial charge in [-0.15, -0.1) is 0 Å². The van der Waals surface area contributed by atoms with Crippen molar-refractivity contribution in [3.8, 4) is 67.1 Å². The van der Waals surface area contributed by atoms with E-state index < -0.39 is 39.0 Å². The monoisotopic (exact) mass is 998 g/mol. The van der Waals surface area contributed by atoms with Crippen molar-refractivity contribution in [3.05, 3.63) is 210 Å². The Morgan fingerprint density at radius 2 is 1.19 bits per heavy atom. The fraction of sp³-hybridized carbons (Fsp3) is 0.203. The molecule has 1 unspecified atom stereocenters. The van der Waals surface area contributed by atoms with Crippen molar-refractivity contribution in [3.63, 3.8) is 0 Å². The van der Waals surface area contributed by atoms with E-state index in [1.165, 1.54) is 0 Å². The smallest absolute Gasteiger partial charge is 0.195 e. The SMILES string of the molecule is [2H]C1(c2ccc3c(c2)sc2nc4c(-c5ccc6c(c5)C(C([2H])([2H])[2H])(C([2H])([2H])[2H])c5cccc([Si](C)(c7ccccc7)c7ccc8c(c7)-c7ccccc7-c7ccccc7-c7ccccc7-8)c5O6)c(C5([2H])CCCC5)ccc4n23)CCCC1. The molecule has 3 heterocycles. The highest BCUT2D eigenvalue weighted by molar-refractivity contribution is 7.23. The van der Waals surface area contributed by atoms with E-state index in [-0.39, 0.29) is 22.6 Å². The van der Waals surface area contributed by atoms with E-state index in [1.54, 1.807) is 29.5 Å². The highest BCUT2D eigenvalue weighted by Crippen LogP contribution is 2.52. The van der Waals surface area contributed by atoms with Gasteiger partial charge in [0, 0.05) is 33.1 Å². The van der Waals surface area contributed by atoms with Gasteiger partial charge < -0.3 is 4.74 Å². The molecule has 9 aromatic carbocycles. The summed E-state index contributed by atoms with van der Waals surface area (Å²) in [5.41, 5.74) is 12.1. The lowest BCUT2D eigenvalue weighted by atomic mass is 9.74. The number of hydrogen-bond donors (Lipinski definition) is 0. The molecule has 0 radical (unpaired) electrons. The Morgan fingerprint density at radius 3 is 1.86 bits per heavy atom. The molecule has 0 amide bonds. The Bertz CT molecular complexity index is 4420. The second-order valence-corrected chi connectivity index (χ2v) is 26.1. The first kappa shape index (κ1) is 36.6. The average Bonchev–Trinajstić information content (AvgIpc) is 1.41. The summed E-state index contributed by atoms with van der Waals surface area (Å²) in [6.07, 6.45) is 6.90. The Labute approximate surface area is 450 Å². The summed E-state index contributed by atoms with van der Waals surface area (Å²) in [5, 5.41) is 2.85. The Balaban J connectivity index is 0.943. The van der Waals surface area contributed by atoms with E-state index in [4.69, 9.17) is 9.72 Å². The van der Waals surface area contributed by atoms with Crippen LogP contribution in [0.5, 0.6) is 11.5 Å². The number of fused-ring (bicyclic) bond motifs is 15. The quantitative estimate of drug-likeness (QED) is 0.123. The van der Waals surface area contributed by atoms with Gasteiger partial charge in [-0.2, -0.15) is 0 Å².